The van der Waals surface area contributed by atoms with Crippen LogP contribution in [-0.2, 0) is 0 Å². The van der Waals surface area contributed by atoms with Gasteiger partial charge in [-0.3, -0.25) is 0 Å². The number of nitrogens with zero attached hydrogens (tertiary/aromatic N) is 1. The van der Waals surface area contributed by atoms with Crippen molar-refractivity contribution in [3.63, 3.8) is 0 Å². The monoisotopic (exact) mass is 306 g/mol. The van der Waals surface area contributed by atoms with E-state index in [1.54, 1.807) is 13.8 Å². The fourth-order valence-electron chi connectivity index (χ4n) is 2.13. The summed E-state index contributed by atoms with van der Waals surface area (Å²) < 4.78 is 71.3. The highest BCUT2D eigenvalue weighted by molar-refractivity contribution is 5.50. The molecule has 1 atom stereocenters. The summed E-state index contributed by atoms with van der Waals surface area (Å²) in [5.74, 6) is -9.63. The summed E-state index contributed by atoms with van der Waals surface area (Å²) in [6.45, 7) is 4.67. The topological polar surface area (TPSA) is 38.1 Å². The molecule has 3 nitrogen and oxygen atoms in total. The maximum Gasteiger partial charge on any atom is 0.200 e. The van der Waals surface area contributed by atoms with Crippen LogP contribution in [0.15, 0.2) is 4.52 Å². The molecule has 0 bridgehead atoms. The fraction of sp³-hybridized carbons (Fsp3) is 0.308. The maximum absolute atomic E-state index is 13.6. The van der Waals surface area contributed by atoms with E-state index >= 15 is 0 Å². The van der Waals surface area contributed by atoms with Crippen LogP contribution in [0.3, 0.4) is 0 Å². The molecule has 114 valence electrons. The van der Waals surface area contributed by atoms with Gasteiger partial charge in [-0.2, -0.15) is 0 Å². The smallest absolute Gasteiger partial charge is 0.200 e. The van der Waals surface area contributed by atoms with Gasteiger partial charge in [-0.25, -0.2) is 22.0 Å². The number of hydrogen-bond donors (Lipinski definition) is 1. The van der Waals surface area contributed by atoms with Gasteiger partial charge in [0.15, 0.2) is 23.3 Å². The number of hydrogen-bond acceptors (Lipinski definition) is 3. The van der Waals surface area contributed by atoms with E-state index < -0.39 is 40.8 Å². The highest BCUT2D eigenvalue weighted by Gasteiger charge is 2.27. The molecule has 8 heteroatoms. The summed E-state index contributed by atoms with van der Waals surface area (Å²) >= 11 is 0. The zero-order chi connectivity index (χ0) is 15.9. The Morgan fingerprint density at radius 1 is 0.905 bits per heavy atom. The third-order valence-electron chi connectivity index (χ3n) is 3.09. The first-order valence-corrected chi connectivity index (χ1v) is 5.96. The lowest BCUT2D eigenvalue weighted by atomic mass is 10.1. The number of halogens is 5. The Hall–Kier alpha value is -2.12. The van der Waals surface area contributed by atoms with E-state index in [4.69, 9.17) is 4.52 Å². The molecular weight excluding hydrogens is 295 g/mol. The first-order valence-electron chi connectivity index (χ1n) is 5.96. The highest BCUT2D eigenvalue weighted by Crippen LogP contribution is 2.31. The molecule has 0 amide bonds. The zero-order valence-electron chi connectivity index (χ0n) is 11.3. The Bertz CT molecular complexity index is 650. The second kappa shape index (κ2) is 5.34. The first-order chi connectivity index (χ1) is 9.75. The third kappa shape index (κ3) is 2.45. The minimum absolute atomic E-state index is 0.386. The highest BCUT2D eigenvalue weighted by atomic mass is 19.2. The van der Waals surface area contributed by atoms with Crippen molar-refractivity contribution in [3.8, 4) is 0 Å². The summed E-state index contributed by atoms with van der Waals surface area (Å²) in [5, 5.41) is 5.94. The summed E-state index contributed by atoms with van der Waals surface area (Å²) in [6, 6.07) is -0.760. The SMILES string of the molecule is Cc1noc(C)c1C(C)Nc1c(F)c(F)c(F)c(F)c1F. The number of benzene rings is 1. The van der Waals surface area contributed by atoms with Crippen molar-refractivity contribution in [1.29, 1.82) is 0 Å². The molecular formula is C13H11F5N2O. The van der Waals surface area contributed by atoms with Gasteiger partial charge in [0.25, 0.3) is 0 Å². The van der Waals surface area contributed by atoms with Gasteiger partial charge in [-0.05, 0) is 20.8 Å². The molecule has 0 radical (unpaired) electrons. The molecule has 1 heterocycles. The number of aromatic nitrogens is 1. The van der Waals surface area contributed by atoms with Crippen molar-refractivity contribution in [2.45, 2.75) is 26.8 Å². The summed E-state index contributed by atoms with van der Waals surface area (Å²) in [4.78, 5) is 0. The number of anilines is 1. The lowest BCUT2D eigenvalue weighted by molar-refractivity contribution is 0.380. The zero-order valence-corrected chi connectivity index (χ0v) is 11.3. The van der Waals surface area contributed by atoms with Gasteiger partial charge in [0, 0.05) is 5.56 Å². The van der Waals surface area contributed by atoms with Crippen LogP contribution in [0, 0.1) is 42.9 Å². The van der Waals surface area contributed by atoms with Crippen molar-refractivity contribution in [3.05, 3.63) is 46.1 Å². The molecule has 0 aliphatic heterocycles. The molecule has 2 aromatic rings. The van der Waals surface area contributed by atoms with Gasteiger partial charge in [-0.1, -0.05) is 5.16 Å². The number of aryl methyl sites for hydroxylation is 2. The minimum Gasteiger partial charge on any atom is -0.373 e. The Labute approximate surface area is 116 Å². The molecule has 0 aliphatic rings. The predicted molar refractivity (Wildman–Crippen MR) is 64.2 cm³/mol. The average molecular weight is 306 g/mol. The van der Waals surface area contributed by atoms with Gasteiger partial charge in [0.2, 0.25) is 5.82 Å². The maximum atomic E-state index is 13.6. The molecule has 1 aromatic heterocycles. The summed E-state index contributed by atoms with van der Waals surface area (Å²) in [6.07, 6.45) is 0. The van der Waals surface area contributed by atoms with E-state index in [1.807, 2.05) is 0 Å². The molecule has 1 unspecified atom stereocenters. The van der Waals surface area contributed by atoms with E-state index in [0.717, 1.165) is 0 Å². The second-order valence-electron chi connectivity index (χ2n) is 4.55. The predicted octanol–water partition coefficient (Wildman–Crippen LogP) is 4.16. The van der Waals surface area contributed by atoms with Gasteiger partial charge >= 0.3 is 0 Å². The number of nitrogens with one attached hydrogen (secondary N) is 1. The van der Waals surface area contributed by atoms with Crippen molar-refractivity contribution < 1.29 is 26.5 Å². The van der Waals surface area contributed by atoms with E-state index in [9.17, 15) is 22.0 Å². The Kier molecular flexibility index (Phi) is 3.89. The van der Waals surface area contributed by atoms with E-state index in [2.05, 4.69) is 10.5 Å². The third-order valence-corrected chi connectivity index (χ3v) is 3.09. The second-order valence-corrected chi connectivity index (χ2v) is 4.55. The van der Waals surface area contributed by atoms with Crippen LogP contribution in [0.5, 0.6) is 0 Å². The summed E-state index contributed by atoms with van der Waals surface area (Å²) in [7, 11) is 0. The van der Waals surface area contributed by atoms with E-state index in [1.165, 1.54) is 6.92 Å². The molecule has 0 spiro atoms. The number of rotatable bonds is 3. The molecule has 21 heavy (non-hydrogen) atoms. The Balaban J connectivity index is 2.45. The van der Waals surface area contributed by atoms with Crippen LogP contribution in [0.1, 0.15) is 30.0 Å². The molecule has 0 aliphatic carbocycles. The standard InChI is InChI=1S/C13H11F5N2O/c1-4(7-5(2)20-21-6(7)3)19-13-11(17)9(15)8(14)10(16)12(13)18/h4,19H,1-3H3. The van der Waals surface area contributed by atoms with Crippen LogP contribution in [0.25, 0.3) is 0 Å². The molecule has 1 N–H and O–H groups in total. The van der Waals surface area contributed by atoms with Gasteiger partial charge < -0.3 is 9.84 Å². The van der Waals surface area contributed by atoms with Gasteiger partial charge in [0.05, 0.1) is 11.7 Å². The van der Waals surface area contributed by atoms with Gasteiger partial charge in [0.1, 0.15) is 11.4 Å². The molecule has 2 rings (SSSR count). The normalized spacial score (nSPS) is 12.6. The first kappa shape index (κ1) is 15.3. The van der Waals surface area contributed by atoms with E-state index in [-0.39, 0.29) is 0 Å². The van der Waals surface area contributed by atoms with Crippen LogP contribution in [-0.4, -0.2) is 5.16 Å². The minimum atomic E-state index is -2.19. The van der Waals surface area contributed by atoms with E-state index in [0.29, 0.717) is 17.0 Å². The van der Waals surface area contributed by atoms with Crippen LogP contribution >= 0.6 is 0 Å². The van der Waals surface area contributed by atoms with Crippen molar-refractivity contribution in [2.75, 3.05) is 5.32 Å². The summed E-state index contributed by atoms with van der Waals surface area (Å²) in [5.41, 5.74) is -0.144. The largest absolute Gasteiger partial charge is 0.373 e. The van der Waals surface area contributed by atoms with Crippen LogP contribution < -0.4 is 5.32 Å². The lowest BCUT2D eigenvalue weighted by Gasteiger charge is -2.17. The Morgan fingerprint density at radius 2 is 1.38 bits per heavy atom. The fourth-order valence-corrected chi connectivity index (χ4v) is 2.13. The van der Waals surface area contributed by atoms with Crippen LogP contribution in [0.2, 0.25) is 0 Å². The Morgan fingerprint density at radius 3 is 1.81 bits per heavy atom. The molecule has 0 fully saturated rings. The molecule has 1 aromatic carbocycles. The molecule has 0 saturated heterocycles. The lowest BCUT2D eigenvalue weighted by Crippen LogP contribution is -2.14. The van der Waals surface area contributed by atoms with Crippen LogP contribution in [0.4, 0.5) is 27.6 Å². The molecule has 0 saturated carbocycles. The van der Waals surface area contributed by atoms with Crippen molar-refractivity contribution >= 4 is 5.69 Å². The van der Waals surface area contributed by atoms with Crippen molar-refractivity contribution in [1.82, 2.24) is 5.16 Å². The quantitative estimate of drug-likeness (QED) is 0.525. The van der Waals surface area contributed by atoms with Crippen molar-refractivity contribution in [2.24, 2.45) is 0 Å². The average Bonchev–Trinajstić information content (AvgIpc) is 2.78. The van der Waals surface area contributed by atoms with Gasteiger partial charge in [-0.15, -0.1) is 0 Å².